The number of nitrogens with zero attached hydrogens (tertiary/aromatic N) is 4. The van der Waals surface area contributed by atoms with Crippen LogP contribution in [0.15, 0.2) is 54.9 Å². The average Bonchev–Trinajstić information content (AvgIpc) is 3.86. The highest BCUT2D eigenvalue weighted by molar-refractivity contribution is 5.71. The molecule has 2 aromatic carbocycles. The molecule has 2 N–H and O–H groups in total. The molecule has 0 radical (unpaired) electrons. The lowest BCUT2D eigenvalue weighted by atomic mass is 10.1. The first-order valence-corrected chi connectivity index (χ1v) is 16.8. The van der Waals surface area contributed by atoms with E-state index >= 15 is 0 Å². The van der Waals surface area contributed by atoms with Gasteiger partial charge >= 0.3 is 12.2 Å². The zero-order valence-electron chi connectivity index (χ0n) is 29.3. The molecule has 49 heavy (non-hydrogen) atoms. The first-order chi connectivity index (χ1) is 23.3. The number of benzene rings is 2. The molecule has 4 aromatic rings. The van der Waals surface area contributed by atoms with Crippen molar-refractivity contribution in [3.8, 4) is 39.8 Å². The third-order valence-corrected chi connectivity index (χ3v) is 8.45. The summed E-state index contributed by atoms with van der Waals surface area (Å²) < 4.78 is 23.2. The third kappa shape index (κ3) is 7.84. The Balaban J connectivity index is 1.14. The van der Waals surface area contributed by atoms with Crippen LogP contribution < -0.4 is 9.47 Å². The maximum absolute atomic E-state index is 12.9. The van der Waals surface area contributed by atoms with E-state index in [0.29, 0.717) is 36.2 Å². The number of rotatable bonds is 7. The van der Waals surface area contributed by atoms with Crippen LogP contribution >= 0.6 is 0 Å². The fraction of sp³-hybridized carbons (Fsp3) is 0.459. The summed E-state index contributed by atoms with van der Waals surface area (Å²) in [5.74, 6) is 3.40. The Hall–Kier alpha value is -5.00. The minimum atomic E-state index is -0.572. The smallest absolute Gasteiger partial charge is 0.410 e. The van der Waals surface area contributed by atoms with Crippen molar-refractivity contribution in [3.63, 3.8) is 0 Å². The van der Waals surface area contributed by atoms with Crippen LogP contribution in [0.5, 0.6) is 17.2 Å². The fourth-order valence-corrected chi connectivity index (χ4v) is 6.28. The molecule has 2 amide bonds. The van der Waals surface area contributed by atoms with Crippen LogP contribution in [-0.2, 0) is 9.47 Å². The summed E-state index contributed by atoms with van der Waals surface area (Å²) in [6.45, 7) is 12.5. The highest BCUT2D eigenvalue weighted by atomic mass is 16.6. The van der Waals surface area contributed by atoms with Crippen molar-refractivity contribution in [1.82, 2.24) is 29.7 Å². The molecular weight excluding hydrogens is 624 g/mol. The first-order valence-electron chi connectivity index (χ1n) is 16.8. The summed E-state index contributed by atoms with van der Waals surface area (Å²) >= 11 is 0. The molecule has 0 aliphatic carbocycles. The summed E-state index contributed by atoms with van der Waals surface area (Å²) in [4.78, 5) is 45.3. The number of aromatic nitrogens is 4. The van der Waals surface area contributed by atoms with E-state index in [1.54, 1.807) is 29.3 Å². The standard InChI is InChI=1S/C37H46N6O6/c1-36(2,3)48-34(44)42-18-8-10-29(42)32-38-21-27(40-32)23-12-14-24(15-13-23)47-25-16-17-31(46-7)26(20-25)28-22-39-33(41-28)30-11-9-19-43(30)35(45)49-37(4,5)6/h12-17,20-22,29-30H,8-11,18-19H2,1-7H3,(H,38,40)(H,39,41)/t29-,30-/m0/s1. The van der Waals surface area contributed by atoms with E-state index < -0.39 is 11.2 Å². The predicted molar refractivity (Wildman–Crippen MR) is 185 cm³/mol. The number of carbonyl (C=O) groups is 2. The molecule has 12 nitrogen and oxygen atoms in total. The van der Waals surface area contributed by atoms with Crippen LogP contribution in [0.2, 0.25) is 0 Å². The molecule has 12 heteroatoms. The van der Waals surface area contributed by atoms with E-state index in [-0.39, 0.29) is 24.3 Å². The quantitative estimate of drug-likeness (QED) is 0.200. The Morgan fingerprint density at radius 3 is 1.78 bits per heavy atom. The van der Waals surface area contributed by atoms with E-state index in [1.165, 1.54) is 0 Å². The van der Waals surface area contributed by atoms with Crippen LogP contribution in [-0.4, -0.2) is 73.3 Å². The molecule has 6 rings (SSSR count). The lowest BCUT2D eigenvalue weighted by Crippen LogP contribution is -2.36. The van der Waals surface area contributed by atoms with Crippen molar-refractivity contribution in [1.29, 1.82) is 0 Å². The van der Waals surface area contributed by atoms with Crippen LogP contribution in [0.1, 0.15) is 91.0 Å². The van der Waals surface area contributed by atoms with Gasteiger partial charge in [0.25, 0.3) is 0 Å². The SMILES string of the molecule is COc1ccc(Oc2ccc(-c3cnc([C@@H]4CCCN4C(=O)OC(C)(C)C)[nH]3)cc2)cc1-c1cnc([C@@H]2CCCN2C(=O)OC(C)(C)C)[nH]1. The van der Waals surface area contributed by atoms with E-state index in [1.807, 2.05) is 84.0 Å². The van der Waals surface area contributed by atoms with Gasteiger partial charge in [0.2, 0.25) is 0 Å². The van der Waals surface area contributed by atoms with Gasteiger partial charge in [-0.2, -0.15) is 0 Å². The normalized spacial score (nSPS) is 18.1. The van der Waals surface area contributed by atoms with Gasteiger partial charge in [-0.3, -0.25) is 9.80 Å². The predicted octanol–water partition coefficient (Wildman–Crippen LogP) is 8.41. The highest BCUT2D eigenvalue weighted by Gasteiger charge is 2.36. The lowest BCUT2D eigenvalue weighted by molar-refractivity contribution is 0.0208. The van der Waals surface area contributed by atoms with Gasteiger partial charge in [-0.25, -0.2) is 19.6 Å². The second-order valence-electron chi connectivity index (χ2n) is 14.5. The van der Waals surface area contributed by atoms with Crippen LogP contribution in [0, 0.1) is 0 Å². The van der Waals surface area contributed by atoms with Gasteiger partial charge < -0.3 is 28.9 Å². The summed E-state index contributed by atoms with van der Waals surface area (Å²) in [7, 11) is 1.62. The van der Waals surface area contributed by atoms with E-state index in [9.17, 15) is 9.59 Å². The Labute approximate surface area is 287 Å². The van der Waals surface area contributed by atoms with E-state index in [2.05, 4.69) is 19.9 Å². The number of methoxy groups -OCH3 is 1. The Kier molecular flexibility index (Phi) is 9.32. The number of aromatic amines is 2. The topological polar surface area (TPSA) is 135 Å². The molecule has 4 heterocycles. The molecule has 0 spiro atoms. The van der Waals surface area contributed by atoms with Gasteiger partial charge in [-0.05, 0) is 115 Å². The molecule has 260 valence electrons. The molecular formula is C37H46N6O6. The van der Waals surface area contributed by atoms with Gasteiger partial charge in [-0.15, -0.1) is 0 Å². The molecule has 2 atom stereocenters. The van der Waals surface area contributed by atoms with Crippen molar-refractivity contribution < 1.29 is 28.5 Å². The maximum atomic E-state index is 12.9. The van der Waals surface area contributed by atoms with Crippen molar-refractivity contribution in [3.05, 3.63) is 66.5 Å². The first kappa shape index (κ1) is 33.9. The number of likely N-dealkylation sites (tertiary alicyclic amines) is 2. The Morgan fingerprint density at radius 2 is 1.24 bits per heavy atom. The summed E-state index contributed by atoms with van der Waals surface area (Å²) in [5, 5.41) is 0. The van der Waals surface area contributed by atoms with Gasteiger partial charge in [0.05, 0.1) is 43.0 Å². The molecule has 0 saturated carbocycles. The number of imidazole rings is 2. The van der Waals surface area contributed by atoms with Crippen LogP contribution in [0.25, 0.3) is 22.5 Å². The van der Waals surface area contributed by atoms with Crippen molar-refractivity contribution in [2.75, 3.05) is 20.2 Å². The lowest BCUT2D eigenvalue weighted by Gasteiger charge is -2.27. The van der Waals surface area contributed by atoms with Crippen molar-refractivity contribution >= 4 is 12.2 Å². The average molecular weight is 671 g/mol. The molecule has 2 aromatic heterocycles. The molecule has 0 unspecified atom stereocenters. The Bertz CT molecular complexity index is 1780. The van der Waals surface area contributed by atoms with Gasteiger partial charge in [0.15, 0.2) is 0 Å². The van der Waals surface area contributed by atoms with Crippen LogP contribution in [0.4, 0.5) is 9.59 Å². The maximum Gasteiger partial charge on any atom is 0.410 e. The molecule has 2 saturated heterocycles. The van der Waals surface area contributed by atoms with E-state index in [0.717, 1.165) is 54.0 Å². The number of amides is 2. The Morgan fingerprint density at radius 1 is 0.735 bits per heavy atom. The van der Waals surface area contributed by atoms with Gasteiger partial charge in [0.1, 0.15) is 40.1 Å². The number of hydrogen-bond donors (Lipinski definition) is 2. The molecule has 2 aliphatic heterocycles. The van der Waals surface area contributed by atoms with Crippen molar-refractivity contribution in [2.24, 2.45) is 0 Å². The zero-order chi connectivity index (χ0) is 34.9. The minimum Gasteiger partial charge on any atom is -0.496 e. The summed E-state index contributed by atoms with van der Waals surface area (Å²) in [6.07, 6.45) is 6.30. The third-order valence-electron chi connectivity index (χ3n) is 8.45. The van der Waals surface area contributed by atoms with Crippen molar-refractivity contribution in [2.45, 2.75) is 90.5 Å². The monoisotopic (exact) mass is 670 g/mol. The second kappa shape index (κ2) is 13.5. The molecule has 2 fully saturated rings. The fourth-order valence-electron chi connectivity index (χ4n) is 6.28. The number of carbonyl (C=O) groups excluding carboxylic acids is 2. The number of nitrogens with one attached hydrogen (secondary N) is 2. The summed E-state index contributed by atoms with van der Waals surface area (Å²) in [5.41, 5.74) is 2.21. The zero-order valence-corrected chi connectivity index (χ0v) is 29.3. The molecule has 0 bridgehead atoms. The highest BCUT2D eigenvalue weighted by Crippen LogP contribution is 2.38. The van der Waals surface area contributed by atoms with Crippen LogP contribution in [0.3, 0.4) is 0 Å². The largest absolute Gasteiger partial charge is 0.496 e. The molecule has 2 aliphatic rings. The second-order valence-corrected chi connectivity index (χ2v) is 14.5. The van der Waals surface area contributed by atoms with Gasteiger partial charge in [-0.1, -0.05) is 0 Å². The summed E-state index contributed by atoms with van der Waals surface area (Å²) in [6, 6.07) is 13.0. The number of ether oxygens (including phenoxy) is 4. The van der Waals surface area contributed by atoms with Gasteiger partial charge in [0, 0.05) is 18.7 Å². The number of H-pyrrole nitrogens is 2. The minimum absolute atomic E-state index is 0.150. The number of hydrogen-bond acceptors (Lipinski definition) is 8. The van der Waals surface area contributed by atoms with E-state index in [4.69, 9.17) is 18.9 Å².